The van der Waals surface area contributed by atoms with Crippen molar-refractivity contribution in [1.29, 1.82) is 5.26 Å². The highest BCUT2D eigenvalue weighted by molar-refractivity contribution is 5.80. The van der Waals surface area contributed by atoms with Gasteiger partial charge in [-0.15, -0.1) is 0 Å². The summed E-state index contributed by atoms with van der Waals surface area (Å²) >= 11 is 0. The second-order valence-corrected chi connectivity index (χ2v) is 7.65. The molecule has 158 valence electrons. The van der Waals surface area contributed by atoms with E-state index in [1.165, 1.54) is 17.7 Å². The number of likely N-dealkylation sites (tertiary alicyclic amines) is 1. The summed E-state index contributed by atoms with van der Waals surface area (Å²) in [5, 5.41) is 15.8. The Balaban J connectivity index is 1.57. The van der Waals surface area contributed by atoms with Gasteiger partial charge in [-0.25, -0.2) is 9.38 Å². The van der Waals surface area contributed by atoms with E-state index < -0.39 is 0 Å². The molecule has 0 aliphatic carbocycles. The fraction of sp³-hybridized carbons (Fsp3) is 0.417. The van der Waals surface area contributed by atoms with Crippen molar-refractivity contribution in [3.8, 4) is 6.07 Å². The summed E-state index contributed by atoms with van der Waals surface area (Å²) < 4.78 is 14.0. The van der Waals surface area contributed by atoms with Gasteiger partial charge in [0.15, 0.2) is 5.96 Å². The molecule has 0 amide bonds. The van der Waals surface area contributed by atoms with Gasteiger partial charge < -0.3 is 10.6 Å². The first-order valence-corrected chi connectivity index (χ1v) is 10.6. The molecule has 2 aromatic carbocycles. The molecule has 0 bridgehead atoms. The van der Waals surface area contributed by atoms with Crippen molar-refractivity contribution in [3.63, 3.8) is 0 Å². The Hall–Kier alpha value is -2.91. The molecule has 0 spiro atoms. The maximum atomic E-state index is 14.0. The van der Waals surface area contributed by atoms with Gasteiger partial charge in [-0.2, -0.15) is 5.26 Å². The van der Waals surface area contributed by atoms with Crippen LogP contribution in [0.1, 0.15) is 49.4 Å². The minimum atomic E-state index is -0.336. The van der Waals surface area contributed by atoms with Crippen molar-refractivity contribution >= 4 is 5.96 Å². The van der Waals surface area contributed by atoms with E-state index >= 15 is 0 Å². The van der Waals surface area contributed by atoms with Crippen LogP contribution < -0.4 is 10.6 Å². The Morgan fingerprint density at radius 1 is 1.23 bits per heavy atom. The molecule has 2 aromatic rings. The van der Waals surface area contributed by atoms with E-state index in [0.29, 0.717) is 29.2 Å². The lowest BCUT2D eigenvalue weighted by Crippen LogP contribution is -2.49. The lowest BCUT2D eigenvalue weighted by Gasteiger charge is -2.37. The third-order valence-corrected chi connectivity index (χ3v) is 5.63. The van der Waals surface area contributed by atoms with Crippen molar-refractivity contribution in [2.45, 2.75) is 45.3 Å². The zero-order chi connectivity index (χ0) is 21.3. The Bertz CT molecular complexity index is 882. The predicted molar refractivity (Wildman–Crippen MR) is 119 cm³/mol. The molecule has 1 aliphatic heterocycles. The second kappa shape index (κ2) is 10.7. The topological polar surface area (TPSA) is 63.5 Å². The van der Waals surface area contributed by atoms with Crippen molar-refractivity contribution in [2.75, 3.05) is 19.6 Å². The number of hydrogen-bond acceptors (Lipinski definition) is 3. The highest BCUT2D eigenvalue weighted by atomic mass is 19.1. The second-order valence-electron chi connectivity index (χ2n) is 7.65. The van der Waals surface area contributed by atoms with Crippen molar-refractivity contribution in [2.24, 2.45) is 4.99 Å². The van der Waals surface area contributed by atoms with Crippen LogP contribution in [0, 0.1) is 17.1 Å². The number of nitrogens with zero attached hydrogens (tertiary/aromatic N) is 3. The van der Waals surface area contributed by atoms with Crippen LogP contribution in [0.4, 0.5) is 4.39 Å². The average molecular weight is 408 g/mol. The fourth-order valence-electron chi connectivity index (χ4n) is 3.82. The fourth-order valence-corrected chi connectivity index (χ4v) is 3.82. The van der Waals surface area contributed by atoms with E-state index in [9.17, 15) is 4.39 Å². The molecular formula is C24H30FN5. The molecule has 1 unspecified atom stereocenters. The van der Waals surface area contributed by atoms with E-state index in [4.69, 9.17) is 5.26 Å². The molecule has 6 heteroatoms. The van der Waals surface area contributed by atoms with E-state index in [-0.39, 0.29) is 12.4 Å². The quantitative estimate of drug-likeness (QED) is 0.562. The zero-order valence-corrected chi connectivity index (χ0v) is 17.7. The number of rotatable bonds is 6. The van der Waals surface area contributed by atoms with Gasteiger partial charge in [0.05, 0.1) is 18.2 Å². The van der Waals surface area contributed by atoms with Gasteiger partial charge >= 0.3 is 0 Å². The molecule has 0 aromatic heterocycles. The van der Waals surface area contributed by atoms with Gasteiger partial charge in [-0.05, 0) is 50.5 Å². The molecule has 1 atom stereocenters. The summed E-state index contributed by atoms with van der Waals surface area (Å²) in [4.78, 5) is 7.06. The Morgan fingerprint density at radius 2 is 1.97 bits per heavy atom. The Morgan fingerprint density at radius 3 is 2.63 bits per heavy atom. The van der Waals surface area contributed by atoms with Crippen molar-refractivity contribution < 1.29 is 4.39 Å². The molecule has 1 aliphatic rings. The molecule has 0 radical (unpaired) electrons. The summed E-state index contributed by atoms with van der Waals surface area (Å²) in [6, 6.07) is 17.8. The monoisotopic (exact) mass is 407 g/mol. The number of benzene rings is 2. The summed E-state index contributed by atoms with van der Waals surface area (Å²) in [5.74, 6) is 0.352. The number of nitrogens with one attached hydrogen (secondary N) is 2. The number of hydrogen-bond donors (Lipinski definition) is 2. The SMILES string of the molecule is CCNC(=NCc1cc(C#N)ccc1F)NC1CCN(C(C)c2ccccc2)CC1. The Labute approximate surface area is 178 Å². The van der Waals surface area contributed by atoms with Crippen LogP contribution in [0.15, 0.2) is 53.5 Å². The van der Waals surface area contributed by atoms with Crippen LogP contribution >= 0.6 is 0 Å². The predicted octanol–water partition coefficient (Wildman–Crippen LogP) is 3.98. The van der Waals surface area contributed by atoms with Gasteiger partial charge in [0.2, 0.25) is 0 Å². The number of guanidine groups is 1. The van der Waals surface area contributed by atoms with Gasteiger partial charge in [-0.3, -0.25) is 4.90 Å². The number of nitriles is 1. The summed E-state index contributed by atoms with van der Waals surface area (Å²) in [7, 11) is 0. The molecule has 1 heterocycles. The summed E-state index contributed by atoms with van der Waals surface area (Å²) in [6.45, 7) is 7.24. The normalized spacial score (nSPS) is 16.7. The lowest BCUT2D eigenvalue weighted by molar-refractivity contribution is 0.158. The van der Waals surface area contributed by atoms with Gasteiger partial charge in [-0.1, -0.05) is 30.3 Å². The largest absolute Gasteiger partial charge is 0.357 e. The first-order valence-electron chi connectivity index (χ1n) is 10.6. The minimum Gasteiger partial charge on any atom is -0.357 e. The number of aliphatic imine (C=N–C) groups is 1. The lowest BCUT2D eigenvalue weighted by atomic mass is 10.0. The third kappa shape index (κ3) is 5.80. The van der Waals surface area contributed by atoms with E-state index in [1.54, 1.807) is 6.07 Å². The first kappa shape index (κ1) is 21.8. The molecule has 0 saturated carbocycles. The van der Waals surface area contributed by atoms with Crippen LogP contribution in [-0.2, 0) is 6.54 Å². The molecule has 30 heavy (non-hydrogen) atoms. The molecular weight excluding hydrogens is 377 g/mol. The number of piperidine rings is 1. The summed E-state index contributed by atoms with van der Waals surface area (Å²) in [5.41, 5.74) is 2.22. The summed E-state index contributed by atoms with van der Waals surface area (Å²) in [6.07, 6.45) is 2.06. The third-order valence-electron chi connectivity index (χ3n) is 5.63. The van der Waals surface area contributed by atoms with Crippen LogP contribution in [0.25, 0.3) is 0 Å². The van der Waals surface area contributed by atoms with Crippen LogP contribution in [0.3, 0.4) is 0 Å². The smallest absolute Gasteiger partial charge is 0.191 e. The zero-order valence-electron chi connectivity index (χ0n) is 17.7. The minimum absolute atomic E-state index is 0.195. The highest BCUT2D eigenvalue weighted by Crippen LogP contribution is 2.24. The number of halogens is 1. The molecule has 2 N–H and O–H groups in total. The van der Waals surface area contributed by atoms with Crippen LogP contribution in [0.5, 0.6) is 0 Å². The average Bonchev–Trinajstić information content (AvgIpc) is 2.79. The maximum Gasteiger partial charge on any atom is 0.191 e. The molecule has 5 nitrogen and oxygen atoms in total. The van der Waals surface area contributed by atoms with Crippen molar-refractivity contribution in [3.05, 3.63) is 71.0 Å². The van der Waals surface area contributed by atoms with Gasteiger partial charge in [0.25, 0.3) is 0 Å². The van der Waals surface area contributed by atoms with E-state index in [0.717, 1.165) is 32.5 Å². The molecule has 1 fully saturated rings. The van der Waals surface area contributed by atoms with E-state index in [2.05, 4.69) is 57.8 Å². The van der Waals surface area contributed by atoms with Crippen molar-refractivity contribution in [1.82, 2.24) is 15.5 Å². The van der Waals surface area contributed by atoms with Crippen LogP contribution in [-0.4, -0.2) is 36.5 Å². The Kier molecular flexibility index (Phi) is 7.81. The first-order chi connectivity index (χ1) is 14.6. The highest BCUT2D eigenvalue weighted by Gasteiger charge is 2.24. The van der Waals surface area contributed by atoms with Gasteiger partial charge in [0, 0.05) is 37.3 Å². The standard InChI is InChI=1S/C24H30FN5/c1-3-27-24(28-17-21-15-19(16-26)9-10-23(21)25)29-22-11-13-30(14-12-22)18(2)20-7-5-4-6-8-20/h4-10,15,18,22H,3,11-14,17H2,1-2H3,(H2,27,28,29). The molecule has 3 rings (SSSR count). The molecule has 1 saturated heterocycles. The van der Waals surface area contributed by atoms with Crippen LogP contribution in [0.2, 0.25) is 0 Å². The van der Waals surface area contributed by atoms with E-state index in [1.807, 2.05) is 13.0 Å². The maximum absolute atomic E-state index is 14.0. The van der Waals surface area contributed by atoms with Gasteiger partial charge in [0.1, 0.15) is 5.82 Å².